The highest BCUT2D eigenvalue weighted by Crippen LogP contribution is 2.21. The summed E-state index contributed by atoms with van der Waals surface area (Å²) in [7, 11) is 4.29. The molecule has 0 bridgehead atoms. The van der Waals surface area contributed by atoms with Gasteiger partial charge in [0.2, 0.25) is 0 Å². The molecule has 0 radical (unpaired) electrons. The van der Waals surface area contributed by atoms with Crippen molar-refractivity contribution >= 4 is 0 Å². The van der Waals surface area contributed by atoms with Gasteiger partial charge >= 0.3 is 0 Å². The van der Waals surface area contributed by atoms with Crippen LogP contribution in [0.15, 0.2) is 0 Å². The molecule has 1 aliphatic carbocycles. The van der Waals surface area contributed by atoms with Gasteiger partial charge < -0.3 is 10.2 Å². The molecule has 0 saturated heterocycles. The van der Waals surface area contributed by atoms with Gasteiger partial charge in [-0.1, -0.05) is 13.8 Å². The lowest BCUT2D eigenvalue weighted by atomic mass is 10.0. The number of likely N-dealkylation sites (N-methyl/N-ethyl adjacent to an activating group) is 1. The lowest BCUT2D eigenvalue weighted by Crippen LogP contribution is -2.42. The molecule has 0 aromatic carbocycles. The van der Waals surface area contributed by atoms with Gasteiger partial charge in [0.05, 0.1) is 0 Å². The number of nitrogens with zero attached hydrogens (tertiary/aromatic N) is 1. The molecule has 0 spiro atoms. The van der Waals surface area contributed by atoms with Gasteiger partial charge in [-0.2, -0.15) is 0 Å². The van der Waals surface area contributed by atoms with E-state index in [1.807, 2.05) is 0 Å². The second kappa shape index (κ2) is 4.24. The van der Waals surface area contributed by atoms with E-state index >= 15 is 0 Å². The maximum Gasteiger partial charge on any atom is 0.0220 e. The molecule has 0 heterocycles. The Kier molecular flexibility index (Phi) is 3.53. The molecule has 1 N–H and O–H groups in total. The highest BCUT2D eigenvalue weighted by atomic mass is 15.1. The second-order valence-corrected chi connectivity index (χ2v) is 4.55. The summed E-state index contributed by atoms with van der Waals surface area (Å²) < 4.78 is 0. The SMILES string of the molecule is CC(C)C(CN(C)C)NC1CC1. The standard InChI is InChI=1S/C10H22N2/c1-8(2)10(7-12(3)4)11-9-5-6-9/h8-11H,5-7H2,1-4H3. The van der Waals surface area contributed by atoms with E-state index in [0.29, 0.717) is 6.04 Å². The van der Waals surface area contributed by atoms with Crippen LogP contribution in [0.25, 0.3) is 0 Å². The summed E-state index contributed by atoms with van der Waals surface area (Å²) >= 11 is 0. The van der Waals surface area contributed by atoms with Crippen molar-refractivity contribution in [3.8, 4) is 0 Å². The Bertz CT molecular complexity index is 124. The van der Waals surface area contributed by atoms with Gasteiger partial charge in [-0.05, 0) is 32.9 Å². The van der Waals surface area contributed by atoms with E-state index in [1.165, 1.54) is 12.8 Å². The molecule has 2 nitrogen and oxygen atoms in total. The van der Waals surface area contributed by atoms with Crippen molar-refractivity contribution in [2.45, 2.75) is 38.8 Å². The zero-order valence-corrected chi connectivity index (χ0v) is 8.80. The van der Waals surface area contributed by atoms with Gasteiger partial charge in [0, 0.05) is 18.6 Å². The third-order valence-electron chi connectivity index (χ3n) is 2.39. The van der Waals surface area contributed by atoms with Crippen molar-refractivity contribution in [2.24, 2.45) is 5.92 Å². The van der Waals surface area contributed by atoms with Crippen LogP contribution < -0.4 is 5.32 Å². The minimum absolute atomic E-state index is 0.674. The average Bonchev–Trinajstić information content (AvgIpc) is 2.68. The molecule has 1 unspecified atom stereocenters. The third-order valence-corrected chi connectivity index (χ3v) is 2.39. The summed E-state index contributed by atoms with van der Waals surface area (Å²) in [6.45, 7) is 5.75. The van der Waals surface area contributed by atoms with Crippen LogP contribution in [0.4, 0.5) is 0 Å². The Labute approximate surface area is 76.3 Å². The van der Waals surface area contributed by atoms with E-state index in [9.17, 15) is 0 Å². The van der Waals surface area contributed by atoms with Gasteiger partial charge in [0.1, 0.15) is 0 Å². The molecule has 1 fully saturated rings. The first-order valence-corrected chi connectivity index (χ1v) is 5.00. The monoisotopic (exact) mass is 170 g/mol. The fourth-order valence-electron chi connectivity index (χ4n) is 1.40. The summed E-state index contributed by atoms with van der Waals surface area (Å²) in [5.74, 6) is 0.744. The largest absolute Gasteiger partial charge is 0.310 e. The molecule has 0 aromatic rings. The van der Waals surface area contributed by atoms with Crippen molar-refractivity contribution in [1.29, 1.82) is 0 Å². The first kappa shape index (κ1) is 10.0. The predicted octanol–water partition coefficient (Wildman–Crippen LogP) is 1.32. The minimum atomic E-state index is 0.674. The van der Waals surface area contributed by atoms with Gasteiger partial charge in [-0.3, -0.25) is 0 Å². The lowest BCUT2D eigenvalue weighted by molar-refractivity contribution is 0.287. The molecule has 1 rings (SSSR count). The van der Waals surface area contributed by atoms with E-state index in [1.54, 1.807) is 0 Å². The normalized spacial score (nSPS) is 20.5. The zero-order valence-electron chi connectivity index (χ0n) is 8.80. The lowest BCUT2D eigenvalue weighted by Gasteiger charge is -2.25. The minimum Gasteiger partial charge on any atom is -0.310 e. The maximum atomic E-state index is 3.68. The van der Waals surface area contributed by atoms with Crippen molar-refractivity contribution < 1.29 is 0 Å². The van der Waals surface area contributed by atoms with Crippen LogP contribution in [-0.2, 0) is 0 Å². The van der Waals surface area contributed by atoms with Crippen LogP contribution in [0, 0.1) is 5.92 Å². The van der Waals surface area contributed by atoms with Crippen molar-refractivity contribution in [3.05, 3.63) is 0 Å². The number of hydrogen-bond donors (Lipinski definition) is 1. The summed E-state index contributed by atoms with van der Waals surface area (Å²) in [5.41, 5.74) is 0. The van der Waals surface area contributed by atoms with Gasteiger partial charge in [0.15, 0.2) is 0 Å². The van der Waals surface area contributed by atoms with Gasteiger partial charge in [0.25, 0.3) is 0 Å². The Morgan fingerprint density at radius 2 is 1.92 bits per heavy atom. The highest BCUT2D eigenvalue weighted by molar-refractivity contribution is 4.86. The van der Waals surface area contributed by atoms with E-state index in [2.05, 4.69) is 38.2 Å². The van der Waals surface area contributed by atoms with Gasteiger partial charge in [-0.25, -0.2) is 0 Å². The molecule has 0 aromatic heterocycles. The van der Waals surface area contributed by atoms with Crippen molar-refractivity contribution in [2.75, 3.05) is 20.6 Å². The van der Waals surface area contributed by atoms with E-state index < -0.39 is 0 Å². The van der Waals surface area contributed by atoms with E-state index in [-0.39, 0.29) is 0 Å². The van der Waals surface area contributed by atoms with Gasteiger partial charge in [-0.15, -0.1) is 0 Å². The third kappa shape index (κ3) is 3.55. The first-order chi connectivity index (χ1) is 5.59. The van der Waals surface area contributed by atoms with Crippen LogP contribution >= 0.6 is 0 Å². The Balaban J connectivity index is 2.26. The van der Waals surface area contributed by atoms with Crippen LogP contribution in [-0.4, -0.2) is 37.6 Å². The Hall–Kier alpha value is -0.0800. The summed E-state index contributed by atoms with van der Waals surface area (Å²) in [6.07, 6.45) is 2.77. The molecule has 2 heteroatoms. The van der Waals surface area contributed by atoms with Crippen LogP contribution in [0.2, 0.25) is 0 Å². The predicted molar refractivity (Wildman–Crippen MR) is 53.3 cm³/mol. The maximum absolute atomic E-state index is 3.68. The molecule has 72 valence electrons. The van der Waals surface area contributed by atoms with E-state index in [0.717, 1.165) is 18.5 Å². The highest BCUT2D eigenvalue weighted by Gasteiger charge is 2.25. The van der Waals surface area contributed by atoms with Crippen molar-refractivity contribution in [1.82, 2.24) is 10.2 Å². The fraction of sp³-hybridized carbons (Fsp3) is 1.00. The molecular formula is C10H22N2. The molecule has 0 aliphatic heterocycles. The van der Waals surface area contributed by atoms with E-state index in [4.69, 9.17) is 0 Å². The molecule has 0 amide bonds. The Morgan fingerprint density at radius 1 is 1.33 bits per heavy atom. The quantitative estimate of drug-likeness (QED) is 0.669. The summed E-state index contributed by atoms with van der Waals surface area (Å²) in [5, 5.41) is 3.68. The molecule has 1 atom stereocenters. The average molecular weight is 170 g/mol. The molecule has 12 heavy (non-hydrogen) atoms. The fourth-order valence-corrected chi connectivity index (χ4v) is 1.40. The zero-order chi connectivity index (χ0) is 9.14. The van der Waals surface area contributed by atoms with Crippen LogP contribution in [0.3, 0.4) is 0 Å². The number of rotatable bonds is 5. The number of nitrogens with one attached hydrogen (secondary N) is 1. The summed E-state index contributed by atoms with van der Waals surface area (Å²) in [6, 6.07) is 1.50. The smallest absolute Gasteiger partial charge is 0.0220 e. The molecular weight excluding hydrogens is 148 g/mol. The van der Waals surface area contributed by atoms with Crippen LogP contribution in [0.1, 0.15) is 26.7 Å². The molecule has 1 saturated carbocycles. The van der Waals surface area contributed by atoms with Crippen LogP contribution in [0.5, 0.6) is 0 Å². The molecule has 1 aliphatic rings. The number of hydrogen-bond acceptors (Lipinski definition) is 2. The Morgan fingerprint density at radius 3 is 2.25 bits per heavy atom. The second-order valence-electron chi connectivity index (χ2n) is 4.55. The van der Waals surface area contributed by atoms with Crippen molar-refractivity contribution in [3.63, 3.8) is 0 Å². The first-order valence-electron chi connectivity index (χ1n) is 5.00. The summed E-state index contributed by atoms with van der Waals surface area (Å²) in [4.78, 5) is 2.26. The topological polar surface area (TPSA) is 15.3 Å².